The topological polar surface area (TPSA) is 49.2 Å². The zero-order chi connectivity index (χ0) is 18.1. The molecule has 0 spiro atoms. The number of benzene rings is 2. The fourth-order valence-corrected chi connectivity index (χ4v) is 3.61. The van der Waals surface area contributed by atoms with Crippen LogP contribution < -0.4 is 4.90 Å². The molecule has 4 nitrogen and oxygen atoms in total. The maximum atomic E-state index is 13.6. The van der Waals surface area contributed by atoms with E-state index in [4.69, 9.17) is 0 Å². The highest BCUT2D eigenvalue weighted by atomic mass is 19.1. The summed E-state index contributed by atoms with van der Waals surface area (Å²) in [4.78, 5) is 10.6. The van der Waals surface area contributed by atoms with Gasteiger partial charge in [-0.15, -0.1) is 0 Å². The minimum Gasteiger partial charge on any atom is -0.389 e. The number of aliphatic hydroxyl groups is 1. The lowest BCUT2D eigenvalue weighted by molar-refractivity contribution is 0.0164. The Balaban J connectivity index is 1.52. The number of nitrogens with zero attached hydrogens (tertiary/aromatic N) is 3. The van der Waals surface area contributed by atoms with E-state index >= 15 is 0 Å². The average Bonchev–Trinajstić information content (AvgIpc) is 2.62. The van der Waals surface area contributed by atoms with E-state index in [1.807, 2.05) is 11.0 Å². The zero-order valence-corrected chi connectivity index (χ0v) is 14.2. The van der Waals surface area contributed by atoms with Crippen molar-refractivity contribution < 1.29 is 13.9 Å². The first kappa shape index (κ1) is 16.8. The van der Waals surface area contributed by atoms with Crippen molar-refractivity contribution in [1.82, 2.24) is 9.97 Å². The summed E-state index contributed by atoms with van der Waals surface area (Å²) in [6, 6.07) is 10.8. The molecule has 0 aliphatic carbocycles. The lowest BCUT2D eigenvalue weighted by Gasteiger charge is -2.39. The van der Waals surface area contributed by atoms with Crippen LogP contribution in [0.3, 0.4) is 0 Å². The smallest absolute Gasteiger partial charge is 0.139 e. The predicted molar refractivity (Wildman–Crippen MR) is 96.0 cm³/mol. The molecule has 3 aromatic rings. The van der Waals surface area contributed by atoms with Crippen molar-refractivity contribution in [3.8, 4) is 0 Å². The van der Waals surface area contributed by atoms with Gasteiger partial charge in [-0.05, 0) is 48.7 Å². The molecule has 1 saturated heterocycles. The Morgan fingerprint density at radius 3 is 2.54 bits per heavy atom. The van der Waals surface area contributed by atoms with E-state index in [2.05, 4.69) is 9.97 Å². The van der Waals surface area contributed by atoms with E-state index in [1.165, 1.54) is 30.6 Å². The average molecular weight is 355 g/mol. The fourth-order valence-electron chi connectivity index (χ4n) is 3.61. The van der Waals surface area contributed by atoms with Gasteiger partial charge in [0.25, 0.3) is 0 Å². The number of fused-ring (bicyclic) bond motifs is 1. The maximum Gasteiger partial charge on any atom is 0.139 e. The number of hydrogen-bond acceptors (Lipinski definition) is 4. The monoisotopic (exact) mass is 355 g/mol. The number of aromatic nitrogens is 2. The molecular weight excluding hydrogens is 336 g/mol. The van der Waals surface area contributed by atoms with Crippen molar-refractivity contribution in [2.24, 2.45) is 0 Å². The van der Waals surface area contributed by atoms with Gasteiger partial charge >= 0.3 is 0 Å². The number of halogens is 2. The van der Waals surface area contributed by atoms with Crippen LogP contribution in [-0.4, -0.2) is 33.8 Å². The highest BCUT2D eigenvalue weighted by Gasteiger charge is 2.33. The Morgan fingerprint density at radius 2 is 1.77 bits per heavy atom. The van der Waals surface area contributed by atoms with Gasteiger partial charge in [0.1, 0.15) is 23.8 Å². The zero-order valence-electron chi connectivity index (χ0n) is 14.2. The highest BCUT2D eigenvalue weighted by molar-refractivity contribution is 5.89. The third-order valence-electron chi connectivity index (χ3n) is 4.99. The van der Waals surface area contributed by atoms with Gasteiger partial charge in [-0.25, -0.2) is 18.7 Å². The third kappa shape index (κ3) is 3.37. The van der Waals surface area contributed by atoms with Gasteiger partial charge in [-0.1, -0.05) is 12.1 Å². The minimum absolute atomic E-state index is 0.294. The van der Waals surface area contributed by atoms with E-state index in [0.717, 1.165) is 5.56 Å². The Labute approximate surface area is 150 Å². The summed E-state index contributed by atoms with van der Waals surface area (Å²) >= 11 is 0. The van der Waals surface area contributed by atoms with Crippen molar-refractivity contribution in [2.45, 2.75) is 24.9 Å². The standard InChI is InChI=1S/C20H19F2N3O/c21-15-3-1-2-14(10-15)12-20(26)6-8-25(9-7-20)19-17-11-16(22)4-5-18(17)23-13-24-19/h1-5,10-11,13,26H,6-9,12H2. The first-order valence-corrected chi connectivity index (χ1v) is 8.64. The molecular formula is C20H19F2N3O. The van der Waals surface area contributed by atoms with Crippen molar-refractivity contribution >= 4 is 16.7 Å². The lowest BCUT2D eigenvalue weighted by atomic mass is 9.85. The largest absolute Gasteiger partial charge is 0.389 e. The SMILES string of the molecule is OC1(Cc2cccc(F)c2)CCN(c2ncnc3ccc(F)cc23)CC1. The minimum atomic E-state index is -0.877. The molecule has 1 aliphatic rings. The van der Waals surface area contributed by atoms with Crippen LogP contribution in [0.2, 0.25) is 0 Å². The van der Waals surface area contributed by atoms with Crippen LogP contribution in [0, 0.1) is 11.6 Å². The van der Waals surface area contributed by atoms with Gasteiger partial charge in [-0.2, -0.15) is 0 Å². The molecule has 4 rings (SSSR count). The summed E-state index contributed by atoms with van der Waals surface area (Å²) in [5.74, 6) is 0.0634. The van der Waals surface area contributed by atoms with Gasteiger partial charge in [0.05, 0.1) is 11.1 Å². The number of rotatable bonds is 3. The first-order valence-electron chi connectivity index (χ1n) is 8.64. The molecule has 0 bridgehead atoms. The van der Waals surface area contributed by atoms with Crippen LogP contribution in [0.1, 0.15) is 18.4 Å². The van der Waals surface area contributed by atoms with Crippen LogP contribution in [0.4, 0.5) is 14.6 Å². The molecule has 26 heavy (non-hydrogen) atoms. The molecule has 0 amide bonds. The van der Waals surface area contributed by atoms with E-state index in [9.17, 15) is 13.9 Å². The fraction of sp³-hybridized carbons (Fsp3) is 0.300. The quantitative estimate of drug-likeness (QED) is 0.781. The van der Waals surface area contributed by atoms with Crippen molar-refractivity contribution in [3.63, 3.8) is 0 Å². The Morgan fingerprint density at radius 1 is 1.00 bits per heavy atom. The molecule has 0 saturated carbocycles. The predicted octanol–water partition coefficient (Wildman–Crippen LogP) is 3.48. The van der Waals surface area contributed by atoms with Crippen LogP contribution in [-0.2, 0) is 6.42 Å². The second-order valence-electron chi connectivity index (χ2n) is 6.88. The third-order valence-corrected chi connectivity index (χ3v) is 4.99. The molecule has 0 radical (unpaired) electrons. The van der Waals surface area contributed by atoms with E-state index in [-0.39, 0.29) is 11.6 Å². The Hall–Kier alpha value is -2.60. The van der Waals surface area contributed by atoms with Crippen molar-refractivity contribution in [1.29, 1.82) is 0 Å². The van der Waals surface area contributed by atoms with Crippen LogP contribution in [0.25, 0.3) is 10.9 Å². The molecule has 1 aliphatic heterocycles. The molecule has 1 fully saturated rings. The van der Waals surface area contributed by atoms with Gasteiger partial charge in [0, 0.05) is 24.9 Å². The summed E-state index contributed by atoms with van der Waals surface area (Å²) in [5.41, 5.74) is 0.603. The highest BCUT2D eigenvalue weighted by Crippen LogP contribution is 2.31. The molecule has 2 heterocycles. The summed E-state index contributed by atoms with van der Waals surface area (Å²) in [6.45, 7) is 1.18. The van der Waals surface area contributed by atoms with Crippen LogP contribution >= 0.6 is 0 Å². The lowest BCUT2D eigenvalue weighted by Crippen LogP contribution is -2.46. The first-order chi connectivity index (χ1) is 12.5. The summed E-state index contributed by atoms with van der Waals surface area (Å²) < 4.78 is 27.0. The molecule has 0 atom stereocenters. The number of piperidine rings is 1. The number of anilines is 1. The normalized spacial score (nSPS) is 16.8. The summed E-state index contributed by atoms with van der Waals surface area (Å²) in [5, 5.41) is 11.6. The van der Waals surface area contributed by atoms with E-state index in [1.54, 1.807) is 12.1 Å². The van der Waals surface area contributed by atoms with E-state index in [0.29, 0.717) is 49.1 Å². The van der Waals surface area contributed by atoms with Crippen LogP contribution in [0.15, 0.2) is 48.8 Å². The second kappa shape index (κ2) is 6.61. The van der Waals surface area contributed by atoms with Gasteiger partial charge in [-0.3, -0.25) is 0 Å². The van der Waals surface area contributed by atoms with Crippen molar-refractivity contribution in [2.75, 3.05) is 18.0 Å². The van der Waals surface area contributed by atoms with Gasteiger partial charge in [0.15, 0.2) is 0 Å². The van der Waals surface area contributed by atoms with Gasteiger partial charge in [0.2, 0.25) is 0 Å². The Kier molecular flexibility index (Phi) is 4.28. The molecule has 6 heteroatoms. The summed E-state index contributed by atoms with van der Waals surface area (Å²) in [7, 11) is 0. The molecule has 1 aromatic heterocycles. The summed E-state index contributed by atoms with van der Waals surface area (Å²) in [6.07, 6.45) is 2.95. The molecule has 1 N–H and O–H groups in total. The van der Waals surface area contributed by atoms with Crippen LogP contribution in [0.5, 0.6) is 0 Å². The van der Waals surface area contributed by atoms with Crippen molar-refractivity contribution in [3.05, 3.63) is 66.0 Å². The second-order valence-corrected chi connectivity index (χ2v) is 6.88. The maximum absolute atomic E-state index is 13.6. The molecule has 0 unspecified atom stereocenters. The van der Waals surface area contributed by atoms with Gasteiger partial charge < -0.3 is 10.0 Å². The van der Waals surface area contributed by atoms with E-state index < -0.39 is 5.60 Å². The molecule has 2 aromatic carbocycles. The number of hydrogen-bond donors (Lipinski definition) is 1. The molecule has 134 valence electrons. The Bertz CT molecular complexity index is 939.